The molecule has 0 aromatic carbocycles. The van der Waals surface area contributed by atoms with Crippen LogP contribution in [0.3, 0.4) is 0 Å². The maximum absolute atomic E-state index is 15.0. The molecule has 0 bridgehead atoms. The van der Waals surface area contributed by atoms with Gasteiger partial charge in [0.05, 0.1) is 12.6 Å². The second kappa shape index (κ2) is 34.7. The molecule has 0 spiro atoms. The molecule has 6 N–H and O–H groups in total. The molecule has 0 aromatic rings. The van der Waals surface area contributed by atoms with E-state index in [2.05, 4.69) is 26.6 Å². The zero-order chi connectivity index (χ0) is 65.1. The fraction of sp³-hybridized carbons (Fsp3) is 0.787. The van der Waals surface area contributed by atoms with Gasteiger partial charge in [-0.2, -0.15) is 0 Å². The van der Waals surface area contributed by atoms with Crippen molar-refractivity contribution in [3.63, 3.8) is 0 Å². The molecule has 12 atom stereocenters. The van der Waals surface area contributed by atoms with Crippen LogP contribution in [-0.2, 0) is 52.7 Å². The smallest absolute Gasteiger partial charge is 0.245 e. The average molecular weight is 1190 g/mol. The molecule has 0 aliphatic carbocycles. The van der Waals surface area contributed by atoms with Crippen LogP contribution >= 0.6 is 0 Å². The van der Waals surface area contributed by atoms with Gasteiger partial charge < -0.3 is 61.1 Å². The zero-order valence-corrected chi connectivity index (χ0v) is 55.1. The minimum Gasteiger partial charge on any atom is -0.390 e. The number of hydrogen-bond acceptors (Lipinski definition) is 12. The Labute approximate surface area is 502 Å². The van der Waals surface area contributed by atoms with Crippen molar-refractivity contribution in [3.8, 4) is 0 Å². The van der Waals surface area contributed by atoms with Gasteiger partial charge in [0.2, 0.25) is 65.0 Å². The first-order valence-electron chi connectivity index (χ1n) is 30.2. The molecule has 23 heteroatoms. The number of rotatable bonds is 15. The third kappa shape index (κ3) is 21.7. The lowest BCUT2D eigenvalue weighted by Gasteiger charge is -2.40. The van der Waals surface area contributed by atoms with Crippen LogP contribution in [0.1, 0.15) is 156 Å². The van der Waals surface area contributed by atoms with Gasteiger partial charge in [-0.25, -0.2) is 0 Å². The van der Waals surface area contributed by atoms with Crippen LogP contribution in [0.2, 0.25) is 0 Å². The Morgan fingerprint density at radius 3 is 1.33 bits per heavy atom. The summed E-state index contributed by atoms with van der Waals surface area (Å²) in [6, 6.07) is -12.4. The maximum atomic E-state index is 15.0. The standard InChI is InChI=1S/C61H109N11O12/c1-24-26-27-39(15)51(74)49-55(78)64-42(25-2)58(81)67(18)32-47(73)68(19)43(28-33(3)4)54(77)65-48(37(11)12)61(84)69(20)44(29-34(5)6)53(76)62-40(16)52(75)63-41(17)57(80)70(21)45(30-35(7)8)59(82)71(22)46(31-36(9)10)60(83)72(23)50(38(13)14)56(79)66-49/h24,26,33-46,48-51,74H,25,27-32H2,1-23H3,(H,62,76)(H,63,75)(H,64,78)(H,65,77)(H,66,79)/b26-24+/t39-,40?,41-,42?,43-,44-,45+,46+,48-,49?,50+,51-/m1/s1. The number of nitrogens with one attached hydrogen (secondary N) is 5. The summed E-state index contributed by atoms with van der Waals surface area (Å²) < 4.78 is 0. The SMILES string of the molecule is C/C=C/C[C@@H](C)[C@@H](O)C1NC(=O)[C@H](C(C)C)N(C)C(=O)[C@H](CC(C)C)N(C)C(=O)[C@H](CC(C)C)N(C)C(=O)[C@@H](C)NC(=O)C(C)NC(=O)[C@@H](CC(C)C)N(C)C(=O)[C@@H](C(C)C)NC(=O)[C@@H](CC(C)C)N(C)C(=O)CN(C)C(=O)C(CC)NC1=O. The third-order valence-corrected chi connectivity index (χ3v) is 15.7. The monoisotopic (exact) mass is 1190 g/mol. The Morgan fingerprint density at radius 2 is 0.881 bits per heavy atom. The molecule has 0 radical (unpaired) electrons. The van der Waals surface area contributed by atoms with E-state index in [9.17, 15) is 57.8 Å². The van der Waals surface area contributed by atoms with Gasteiger partial charge in [-0.1, -0.05) is 109 Å². The fourth-order valence-corrected chi connectivity index (χ4v) is 10.4. The number of amides is 11. The van der Waals surface area contributed by atoms with E-state index in [0.29, 0.717) is 6.42 Å². The van der Waals surface area contributed by atoms with Gasteiger partial charge in [-0.3, -0.25) is 52.7 Å². The van der Waals surface area contributed by atoms with E-state index in [0.717, 1.165) is 4.90 Å². The summed E-state index contributed by atoms with van der Waals surface area (Å²) in [6.07, 6.45) is 2.99. The third-order valence-electron chi connectivity index (χ3n) is 15.7. The van der Waals surface area contributed by atoms with E-state index in [1.165, 1.54) is 80.6 Å². The molecule has 84 heavy (non-hydrogen) atoms. The number of likely N-dealkylation sites (N-methyl/N-ethyl adjacent to an activating group) is 6. The molecule has 0 saturated carbocycles. The van der Waals surface area contributed by atoms with Gasteiger partial charge in [-0.15, -0.1) is 0 Å². The minimum absolute atomic E-state index is 0.0192. The first-order valence-corrected chi connectivity index (χ1v) is 30.2. The predicted molar refractivity (Wildman–Crippen MR) is 324 cm³/mol. The number of hydrogen-bond donors (Lipinski definition) is 6. The average Bonchev–Trinajstić information content (AvgIpc) is 3.53. The predicted octanol–water partition coefficient (Wildman–Crippen LogP) is 2.93. The van der Waals surface area contributed by atoms with Gasteiger partial charge in [-0.05, 0) is 101 Å². The maximum Gasteiger partial charge on any atom is 0.245 e. The Kier molecular flexibility index (Phi) is 31.4. The fourth-order valence-electron chi connectivity index (χ4n) is 10.4. The molecule has 11 amide bonds. The number of allylic oxidation sites excluding steroid dienone is 2. The van der Waals surface area contributed by atoms with Crippen molar-refractivity contribution in [2.45, 2.75) is 223 Å². The van der Waals surface area contributed by atoms with Gasteiger partial charge in [0.25, 0.3) is 0 Å². The molecule has 1 aliphatic rings. The molecule has 480 valence electrons. The van der Waals surface area contributed by atoms with Crippen molar-refractivity contribution in [3.05, 3.63) is 12.2 Å². The van der Waals surface area contributed by atoms with Crippen LogP contribution in [0.5, 0.6) is 0 Å². The lowest BCUT2D eigenvalue weighted by molar-refractivity contribution is -0.154. The quantitative estimate of drug-likeness (QED) is 0.129. The van der Waals surface area contributed by atoms with Crippen LogP contribution in [-0.4, -0.2) is 215 Å². The highest BCUT2D eigenvalue weighted by atomic mass is 16.3. The molecule has 1 heterocycles. The number of carbonyl (C=O) groups excluding carboxylic acids is 11. The normalized spacial score (nSPS) is 27.0. The van der Waals surface area contributed by atoms with Crippen LogP contribution in [0.25, 0.3) is 0 Å². The minimum atomic E-state index is -1.66. The van der Waals surface area contributed by atoms with Gasteiger partial charge in [0, 0.05) is 42.3 Å². The highest BCUT2D eigenvalue weighted by molar-refractivity contribution is 5.99. The summed E-state index contributed by atoms with van der Waals surface area (Å²) >= 11 is 0. The number of nitrogens with zero attached hydrogens (tertiary/aromatic N) is 6. The first-order chi connectivity index (χ1) is 38.8. The zero-order valence-electron chi connectivity index (χ0n) is 55.1. The van der Waals surface area contributed by atoms with E-state index < -0.39 is 156 Å². The lowest BCUT2D eigenvalue weighted by Crippen LogP contribution is -2.63. The second-order valence-corrected chi connectivity index (χ2v) is 25.7. The Morgan fingerprint density at radius 1 is 0.464 bits per heavy atom. The Bertz CT molecular complexity index is 2290. The summed E-state index contributed by atoms with van der Waals surface area (Å²) in [4.78, 5) is 166. The molecule has 1 fully saturated rings. The van der Waals surface area contributed by atoms with Gasteiger partial charge in [0.15, 0.2) is 0 Å². The van der Waals surface area contributed by atoms with Crippen molar-refractivity contribution in [1.29, 1.82) is 0 Å². The van der Waals surface area contributed by atoms with Gasteiger partial charge >= 0.3 is 0 Å². The van der Waals surface area contributed by atoms with Crippen molar-refractivity contribution in [1.82, 2.24) is 56.0 Å². The van der Waals surface area contributed by atoms with E-state index in [1.54, 1.807) is 60.6 Å². The molecule has 1 aliphatic heterocycles. The van der Waals surface area contributed by atoms with Crippen molar-refractivity contribution >= 4 is 65.0 Å². The molecule has 1 saturated heterocycles. The van der Waals surface area contributed by atoms with E-state index in [1.807, 2.05) is 55.4 Å². The number of aliphatic hydroxyl groups excluding tert-OH is 1. The van der Waals surface area contributed by atoms with Crippen LogP contribution in [0.15, 0.2) is 12.2 Å². The number of carbonyl (C=O) groups is 11. The molecular formula is C61H109N11O12. The van der Waals surface area contributed by atoms with E-state index in [4.69, 9.17) is 0 Å². The van der Waals surface area contributed by atoms with Crippen molar-refractivity contribution in [2.75, 3.05) is 48.8 Å². The molecular weight excluding hydrogens is 1080 g/mol. The largest absolute Gasteiger partial charge is 0.390 e. The molecule has 1 rings (SSSR count). The second-order valence-electron chi connectivity index (χ2n) is 25.7. The van der Waals surface area contributed by atoms with Crippen LogP contribution < -0.4 is 26.6 Å². The molecule has 0 aromatic heterocycles. The first kappa shape index (κ1) is 75.9. The summed E-state index contributed by atoms with van der Waals surface area (Å²) in [7, 11) is 8.52. The highest BCUT2D eigenvalue weighted by Crippen LogP contribution is 2.24. The number of aliphatic hydroxyl groups is 1. The summed E-state index contributed by atoms with van der Waals surface area (Å²) in [6.45, 7) is 29.2. The topological polar surface area (TPSA) is 288 Å². The Balaban J connectivity index is 4.26. The van der Waals surface area contributed by atoms with Crippen molar-refractivity contribution in [2.24, 2.45) is 41.4 Å². The lowest BCUT2D eigenvalue weighted by atomic mass is 9.92. The Hall–Kier alpha value is -6.13. The molecule has 3 unspecified atom stereocenters. The van der Waals surface area contributed by atoms with E-state index in [-0.39, 0.29) is 55.8 Å². The summed E-state index contributed by atoms with van der Waals surface area (Å²) in [5.74, 6) is -9.87. The molecule has 23 nitrogen and oxygen atoms in total. The van der Waals surface area contributed by atoms with E-state index >= 15 is 0 Å². The summed E-state index contributed by atoms with van der Waals surface area (Å²) in [5.41, 5.74) is 0. The van der Waals surface area contributed by atoms with Crippen LogP contribution in [0.4, 0.5) is 0 Å². The highest BCUT2D eigenvalue weighted by Gasteiger charge is 2.44. The van der Waals surface area contributed by atoms with Crippen molar-refractivity contribution < 1.29 is 57.8 Å². The van der Waals surface area contributed by atoms with Gasteiger partial charge in [0.1, 0.15) is 60.4 Å². The summed E-state index contributed by atoms with van der Waals surface area (Å²) in [5, 5.41) is 25.5. The van der Waals surface area contributed by atoms with Crippen LogP contribution in [0, 0.1) is 41.4 Å².